The van der Waals surface area contributed by atoms with Crippen LogP contribution in [0.3, 0.4) is 0 Å². The van der Waals surface area contributed by atoms with Gasteiger partial charge in [0, 0.05) is 19.3 Å². The Balaban J connectivity index is 4.95. The van der Waals surface area contributed by atoms with Crippen LogP contribution in [0, 0.1) is 0 Å². The van der Waals surface area contributed by atoms with Gasteiger partial charge >= 0.3 is 7.60 Å². The van der Waals surface area contributed by atoms with E-state index in [4.69, 9.17) is 0 Å². The van der Waals surface area contributed by atoms with Crippen LogP contribution in [-0.4, -0.2) is 50.7 Å². The Morgan fingerprint density at radius 3 is 1.25 bits per heavy atom. The summed E-state index contributed by atoms with van der Waals surface area (Å²) in [5, 5.41) is 11.6. The molecule has 345 valence electrons. The molecule has 0 saturated carbocycles. The molecule has 0 fully saturated rings. The molecule has 0 rings (SSSR count). The molecule has 59 heavy (non-hydrogen) atoms. The molecule has 0 bridgehead atoms. The fourth-order valence-electron chi connectivity index (χ4n) is 7.90. The van der Waals surface area contributed by atoms with Crippen LogP contribution in [0.1, 0.15) is 258 Å². The van der Waals surface area contributed by atoms with Crippen LogP contribution in [-0.2, 0) is 18.9 Å². The highest BCUT2D eigenvalue weighted by Crippen LogP contribution is 2.52. The topological polar surface area (TPSA) is 141 Å². The van der Waals surface area contributed by atoms with Gasteiger partial charge in [-0.15, -0.1) is 0 Å². The molecule has 0 aromatic carbocycles. The molecule has 4 N–H and O–H groups in total. The molecule has 8 nitrogen and oxygen atoms in total. The van der Waals surface area contributed by atoms with Gasteiger partial charge in [0.05, 0.1) is 0 Å². The summed E-state index contributed by atoms with van der Waals surface area (Å²) >= 11 is 0. The van der Waals surface area contributed by atoms with Crippen LogP contribution < -0.4 is 5.32 Å². The number of hydrogen-bond acceptors (Lipinski definition) is 6. The largest absolute Gasteiger partial charge is 0.382 e. The van der Waals surface area contributed by atoms with Gasteiger partial charge in [-0.1, -0.05) is 186 Å². The molecule has 0 aliphatic rings. The lowest BCUT2D eigenvalue weighted by molar-refractivity contribution is -0.138. The summed E-state index contributed by atoms with van der Waals surface area (Å²) in [6, 6.07) is 0. The zero-order chi connectivity index (χ0) is 43.6. The second kappa shape index (κ2) is 41.9. The third-order valence-electron chi connectivity index (χ3n) is 11.8. The highest BCUT2D eigenvalue weighted by Gasteiger charge is 2.59. The highest BCUT2D eigenvalue weighted by molar-refractivity contribution is 7.55. The molecule has 2 atom stereocenters. The Morgan fingerprint density at radius 2 is 0.864 bits per heavy atom. The monoisotopic (exact) mass is 851 g/mol. The number of rotatable bonds is 47. The SMILES string of the molecule is CCCCCCCC/C=C\CCCCCCCC(=O)C(O)C(NCCCCCCCCCCC[C]=O)(C(=O)CCCCCCC/C=C\CCCCCCCC)P(=O)(O)O. The minimum atomic E-state index is -5.29. The van der Waals surface area contributed by atoms with Crippen LogP contribution >= 0.6 is 7.60 Å². The Hall–Kier alpha value is -1.44. The maximum absolute atomic E-state index is 13.8. The maximum Gasteiger partial charge on any atom is 0.356 e. The number of Topliss-reactive ketones (excluding diaryl/α,β-unsaturated/α-hetero) is 2. The van der Waals surface area contributed by atoms with Gasteiger partial charge in [0.15, 0.2) is 17.9 Å². The van der Waals surface area contributed by atoms with Gasteiger partial charge in [-0.05, 0) is 83.6 Å². The number of hydrogen-bond donors (Lipinski definition) is 4. The minimum absolute atomic E-state index is 0.0170. The molecule has 0 aromatic rings. The summed E-state index contributed by atoms with van der Waals surface area (Å²) in [5.74, 6) is -1.44. The van der Waals surface area contributed by atoms with Crippen molar-refractivity contribution >= 4 is 25.4 Å². The Labute approximate surface area is 363 Å². The van der Waals surface area contributed by atoms with E-state index in [1.165, 1.54) is 77.0 Å². The summed E-state index contributed by atoms with van der Waals surface area (Å²) < 4.78 is 13.2. The van der Waals surface area contributed by atoms with E-state index in [9.17, 15) is 33.8 Å². The molecule has 0 aliphatic heterocycles. The Morgan fingerprint density at radius 1 is 0.525 bits per heavy atom. The van der Waals surface area contributed by atoms with E-state index >= 15 is 0 Å². The number of carbonyl (C=O) groups excluding carboxylic acids is 3. The molecule has 0 amide bonds. The average molecular weight is 851 g/mol. The molecule has 0 saturated heterocycles. The van der Waals surface area contributed by atoms with E-state index in [1.807, 2.05) is 6.29 Å². The van der Waals surface area contributed by atoms with Crippen molar-refractivity contribution < 1.29 is 33.8 Å². The number of allylic oxidation sites excluding steroid dienone is 4. The van der Waals surface area contributed by atoms with E-state index in [1.54, 1.807) is 0 Å². The number of aliphatic hydroxyl groups excluding tert-OH is 1. The smallest absolute Gasteiger partial charge is 0.356 e. The van der Waals surface area contributed by atoms with E-state index in [2.05, 4.69) is 43.5 Å². The van der Waals surface area contributed by atoms with Crippen molar-refractivity contribution in [3.63, 3.8) is 0 Å². The standard InChI is InChI=1S/C50H93NO7P/c1-3-5-7-9-11-13-15-17-19-21-23-27-31-35-39-43-47(53)49(55)50(59(56,57)58,51-45-41-37-33-29-25-26-30-34-38-42-46-52)48(54)44-40-36-32-28-24-22-20-18-16-14-12-10-8-6-4-2/h17-20,49,51,55H,3-16,21-45H2,1-2H3,(H2,56,57,58)/b19-17-,20-18-. The summed E-state index contributed by atoms with van der Waals surface area (Å²) in [4.78, 5) is 59.0. The summed E-state index contributed by atoms with van der Waals surface area (Å²) in [6.07, 6.45) is 46.6. The van der Waals surface area contributed by atoms with Crippen molar-refractivity contribution in [2.24, 2.45) is 0 Å². The number of aliphatic hydroxyl groups is 1. The number of ketones is 2. The van der Waals surface area contributed by atoms with E-state index < -0.39 is 30.5 Å². The first-order valence-electron chi connectivity index (χ1n) is 24.9. The third kappa shape index (κ3) is 32.0. The zero-order valence-electron chi connectivity index (χ0n) is 38.4. The van der Waals surface area contributed by atoms with Gasteiger partial charge in [-0.3, -0.25) is 24.3 Å². The molecule has 0 aliphatic carbocycles. The average Bonchev–Trinajstić information content (AvgIpc) is 3.21. The van der Waals surface area contributed by atoms with Gasteiger partial charge in [0.2, 0.25) is 5.28 Å². The van der Waals surface area contributed by atoms with E-state index in [0.717, 1.165) is 128 Å². The van der Waals surface area contributed by atoms with Crippen LogP contribution in [0.15, 0.2) is 24.3 Å². The predicted molar refractivity (Wildman–Crippen MR) is 250 cm³/mol. The van der Waals surface area contributed by atoms with Gasteiger partial charge in [-0.2, -0.15) is 0 Å². The molecule has 9 heteroatoms. The molecule has 0 aromatic heterocycles. The molecule has 0 heterocycles. The van der Waals surface area contributed by atoms with Crippen LogP contribution in [0.5, 0.6) is 0 Å². The van der Waals surface area contributed by atoms with Crippen LogP contribution in [0.4, 0.5) is 0 Å². The predicted octanol–water partition coefficient (Wildman–Crippen LogP) is 14.0. The van der Waals surface area contributed by atoms with Crippen molar-refractivity contribution in [1.82, 2.24) is 5.32 Å². The molecule has 2 unspecified atom stereocenters. The molecular formula is C50H93NO7P. The second-order valence-corrected chi connectivity index (χ2v) is 19.1. The maximum atomic E-state index is 13.8. The molecular weight excluding hydrogens is 758 g/mol. The first kappa shape index (κ1) is 57.6. The van der Waals surface area contributed by atoms with Gasteiger partial charge in [-0.25, -0.2) is 0 Å². The number of unbranched alkanes of at least 4 members (excludes halogenated alkanes) is 31. The Bertz CT molecular complexity index is 1090. The lowest BCUT2D eigenvalue weighted by Crippen LogP contribution is -2.62. The highest BCUT2D eigenvalue weighted by atomic mass is 31.2. The van der Waals surface area contributed by atoms with Crippen LogP contribution in [0.2, 0.25) is 0 Å². The number of carbonyl (C=O) groups is 2. The van der Waals surface area contributed by atoms with Crippen molar-refractivity contribution in [2.45, 2.75) is 269 Å². The lowest BCUT2D eigenvalue weighted by atomic mass is 9.94. The van der Waals surface area contributed by atoms with Crippen molar-refractivity contribution in [3.8, 4) is 0 Å². The van der Waals surface area contributed by atoms with Crippen LogP contribution in [0.25, 0.3) is 0 Å². The quantitative estimate of drug-likeness (QED) is 0.0269. The fraction of sp³-hybridized carbons (Fsp3) is 0.860. The third-order valence-corrected chi connectivity index (χ3v) is 13.4. The summed E-state index contributed by atoms with van der Waals surface area (Å²) in [7, 11) is -5.29. The summed E-state index contributed by atoms with van der Waals surface area (Å²) in [6.45, 7) is 4.61. The number of nitrogens with one attached hydrogen (secondary N) is 1. The fourth-order valence-corrected chi connectivity index (χ4v) is 9.11. The molecule has 0 spiro atoms. The van der Waals surface area contributed by atoms with Gasteiger partial charge in [0.1, 0.15) is 6.10 Å². The normalized spacial score (nSPS) is 13.7. The van der Waals surface area contributed by atoms with E-state index in [-0.39, 0.29) is 19.4 Å². The second-order valence-electron chi connectivity index (χ2n) is 17.3. The minimum Gasteiger partial charge on any atom is -0.382 e. The first-order valence-corrected chi connectivity index (χ1v) is 26.5. The van der Waals surface area contributed by atoms with E-state index in [0.29, 0.717) is 25.7 Å². The summed E-state index contributed by atoms with van der Waals surface area (Å²) in [5.41, 5.74) is 0. The first-order chi connectivity index (χ1) is 28.7. The lowest BCUT2D eigenvalue weighted by Gasteiger charge is -2.37. The van der Waals surface area contributed by atoms with Crippen molar-refractivity contribution in [1.29, 1.82) is 0 Å². The molecule has 1 radical (unpaired) electrons. The Kier molecular flexibility index (Phi) is 40.9. The zero-order valence-corrected chi connectivity index (χ0v) is 39.3. The van der Waals surface area contributed by atoms with Crippen molar-refractivity contribution in [2.75, 3.05) is 6.54 Å². The van der Waals surface area contributed by atoms with Gasteiger partial charge in [0.25, 0.3) is 0 Å². The van der Waals surface area contributed by atoms with Gasteiger partial charge < -0.3 is 14.9 Å². The van der Waals surface area contributed by atoms with Crippen molar-refractivity contribution in [3.05, 3.63) is 24.3 Å².